The summed E-state index contributed by atoms with van der Waals surface area (Å²) < 4.78 is 5.42. The second-order valence-corrected chi connectivity index (χ2v) is 5.59. The lowest BCUT2D eigenvalue weighted by atomic mass is 9.94. The van der Waals surface area contributed by atoms with Crippen LogP contribution < -0.4 is 0 Å². The molecule has 1 aliphatic heterocycles. The number of alkyl halides is 1. The molecule has 0 bridgehead atoms. The van der Waals surface area contributed by atoms with Crippen molar-refractivity contribution in [3.8, 4) is 0 Å². The maximum Gasteiger partial charge on any atom is 0.0698 e. The van der Waals surface area contributed by atoms with Gasteiger partial charge in [-0.3, -0.25) is 0 Å². The van der Waals surface area contributed by atoms with Crippen molar-refractivity contribution in [1.29, 1.82) is 0 Å². The highest BCUT2D eigenvalue weighted by Gasteiger charge is 2.25. The van der Waals surface area contributed by atoms with Crippen molar-refractivity contribution in [3.05, 3.63) is 0 Å². The Morgan fingerprint density at radius 2 is 2.21 bits per heavy atom. The van der Waals surface area contributed by atoms with Gasteiger partial charge >= 0.3 is 0 Å². The molecule has 0 radical (unpaired) electrons. The molecule has 1 atom stereocenters. The summed E-state index contributed by atoms with van der Waals surface area (Å²) in [5.41, 5.74) is 0.371. The number of hydrogen-bond acceptors (Lipinski definition) is 2. The number of ether oxygens (including phenoxy) is 1. The predicted octanol–water partition coefficient (Wildman–Crippen LogP) is 2.52. The van der Waals surface area contributed by atoms with Gasteiger partial charge in [0.15, 0.2) is 0 Å². The summed E-state index contributed by atoms with van der Waals surface area (Å²) in [5.74, 6) is 0. The predicted molar refractivity (Wildman–Crippen MR) is 64.0 cm³/mol. The van der Waals surface area contributed by atoms with Crippen molar-refractivity contribution in [1.82, 2.24) is 4.90 Å². The van der Waals surface area contributed by atoms with Gasteiger partial charge in [0.05, 0.1) is 6.10 Å². The summed E-state index contributed by atoms with van der Waals surface area (Å²) in [7, 11) is 1.82. The van der Waals surface area contributed by atoms with Crippen LogP contribution in [0.4, 0.5) is 0 Å². The van der Waals surface area contributed by atoms with Crippen molar-refractivity contribution < 1.29 is 4.74 Å². The van der Waals surface area contributed by atoms with Crippen molar-refractivity contribution in [2.24, 2.45) is 5.41 Å². The van der Waals surface area contributed by atoms with E-state index in [1.54, 1.807) is 0 Å². The Labute approximate surface area is 96.1 Å². The highest BCUT2D eigenvalue weighted by atomic mass is 79.9. The first-order valence-corrected chi connectivity index (χ1v) is 6.50. The van der Waals surface area contributed by atoms with Gasteiger partial charge in [0.25, 0.3) is 0 Å². The first kappa shape index (κ1) is 12.5. The summed E-state index contributed by atoms with van der Waals surface area (Å²) in [6, 6.07) is 0. The monoisotopic (exact) mass is 263 g/mol. The van der Waals surface area contributed by atoms with E-state index in [2.05, 4.69) is 34.7 Å². The molecule has 2 nitrogen and oxygen atoms in total. The maximum absolute atomic E-state index is 5.42. The fraction of sp³-hybridized carbons (Fsp3) is 1.00. The van der Waals surface area contributed by atoms with Crippen molar-refractivity contribution in [2.75, 3.05) is 32.1 Å². The molecule has 1 heterocycles. The molecule has 0 aromatic carbocycles. The smallest absolute Gasteiger partial charge is 0.0698 e. The molecule has 1 saturated heterocycles. The van der Waals surface area contributed by atoms with Gasteiger partial charge in [-0.15, -0.1) is 0 Å². The zero-order chi connectivity index (χ0) is 10.6. The van der Waals surface area contributed by atoms with Gasteiger partial charge in [0, 0.05) is 25.5 Å². The molecule has 1 fully saturated rings. The number of methoxy groups -OCH3 is 1. The summed E-state index contributed by atoms with van der Waals surface area (Å²) in [6.07, 6.45) is 2.95. The Balaban J connectivity index is 2.37. The zero-order valence-corrected chi connectivity index (χ0v) is 11.1. The summed E-state index contributed by atoms with van der Waals surface area (Å²) in [6.45, 7) is 8.11. The van der Waals surface area contributed by atoms with E-state index >= 15 is 0 Å². The highest BCUT2D eigenvalue weighted by molar-refractivity contribution is 9.09. The fourth-order valence-electron chi connectivity index (χ4n) is 2.00. The molecular formula is C11H22BrNO. The molecule has 0 aliphatic carbocycles. The number of rotatable bonds is 4. The molecule has 1 aliphatic rings. The van der Waals surface area contributed by atoms with Crippen LogP contribution in [-0.2, 0) is 4.74 Å². The minimum atomic E-state index is 0.371. The largest absolute Gasteiger partial charge is 0.380 e. The van der Waals surface area contributed by atoms with Gasteiger partial charge in [-0.1, -0.05) is 29.8 Å². The van der Waals surface area contributed by atoms with Crippen molar-refractivity contribution in [3.63, 3.8) is 0 Å². The van der Waals surface area contributed by atoms with Gasteiger partial charge in [-0.2, -0.15) is 0 Å². The molecule has 0 aromatic heterocycles. The van der Waals surface area contributed by atoms with E-state index < -0.39 is 0 Å². The third-order valence-electron chi connectivity index (χ3n) is 2.81. The third kappa shape index (κ3) is 3.87. The van der Waals surface area contributed by atoms with E-state index in [9.17, 15) is 0 Å². The van der Waals surface area contributed by atoms with E-state index in [0.29, 0.717) is 11.5 Å². The first-order chi connectivity index (χ1) is 6.57. The molecule has 0 amide bonds. The number of piperidine rings is 1. The van der Waals surface area contributed by atoms with Crippen molar-refractivity contribution >= 4 is 15.9 Å². The zero-order valence-electron chi connectivity index (χ0n) is 9.55. The van der Waals surface area contributed by atoms with Crippen LogP contribution >= 0.6 is 15.9 Å². The Bertz CT molecular complexity index is 173. The van der Waals surface area contributed by atoms with Crippen LogP contribution in [0.1, 0.15) is 26.7 Å². The lowest BCUT2D eigenvalue weighted by Gasteiger charge is -2.36. The van der Waals surface area contributed by atoms with Crippen LogP contribution in [0.25, 0.3) is 0 Å². The van der Waals surface area contributed by atoms with E-state index in [4.69, 9.17) is 4.74 Å². The van der Waals surface area contributed by atoms with E-state index in [0.717, 1.165) is 18.4 Å². The first-order valence-electron chi connectivity index (χ1n) is 5.38. The Hall–Kier alpha value is 0.400. The Morgan fingerprint density at radius 1 is 1.50 bits per heavy atom. The van der Waals surface area contributed by atoms with Gasteiger partial charge in [0.2, 0.25) is 0 Å². The SMILES string of the molecule is COC1CCCN(CC(C)(C)CBr)C1. The van der Waals surface area contributed by atoms with Crippen LogP contribution in [-0.4, -0.2) is 43.1 Å². The van der Waals surface area contributed by atoms with Crippen LogP contribution in [0.2, 0.25) is 0 Å². The molecule has 0 saturated carbocycles. The lowest BCUT2D eigenvalue weighted by molar-refractivity contribution is 0.0209. The standard InChI is InChI=1S/C11H22BrNO/c1-11(2,8-12)9-13-6-4-5-10(7-13)14-3/h10H,4-9H2,1-3H3. The summed E-state index contributed by atoms with van der Waals surface area (Å²) in [5, 5.41) is 1.06. The Morgan fingerprint density at radius 3 is 2.79 bits per heavy atom. The molecule has 1 rings (SSSR count). The van der Waals surface area contributed by atoms with Crippen LogP contribution in [0.5, 0.6) is 0 Å². The minimum absolute atomic E-state index is 0.371. The molecular weight excluding hydrogens is 242 g/mol. The average Bonchev–Trinajstić information content (AvgIpc) is 2.17. The van der Waals surface area contributed by atoms with Crippen LogP contribution in [0.3, 0.4) is 0 Å². The number of halogens is 1. The molecule has 0 aromatic rings. The quantitative estimate of drug-likeness (QED) is 0.723. The molecule has 14 heavy (non-hydrogen) atoms. The number of nitrogens with zero attached hydrogens (tertiary/aromatic N) is 1. The third-order valence-corrected chi connectivity index (χ3v) is 4.33. The summed E-state index contributed by atoms with van der Waals surface area (Å²) in [4.78, 5) is 2.53. The van der Waals surface area contributed by atoms with Crippen LogP contribution in [0.15, 0.2) is 0 Å². The normalized spacial score (nSPS) is 25.3. The molecule has 84 valence electrons. The topological polar surface area (TPSA) is 12.5 Å². The van der Waals surface area contributed by atoms with E-state index in [1.807, 2.05) is 7.11 Å². The van der Waals surface area contributed by atoms with Gasteiger partial charge in [-0.05, 0) is 24.8 Å². The molecule has 0 spiro atoms. The minimum Gasteiger partial charge on any atom is -0.380 e. The second-order valence-electron chi connectivity index (χ2n) is 5.03. The summed E-state index contributed by atoms with van der Waals surface area (Å²) >= 11 is 3.57. The highest BCUT2D eigenvalue weighted by Crippen LogP contribution is 2.22. The Kier molecular flexibility index (Phi) is 4.88. The number of hydrogen-bond donors (Lipinski definition) is 0. The van der Waals surface area contributed by atoms with Crippen molar-refractivity contribution in [2.45, 2.75) is 32.8 Å². The average molecular weight is 264 g/mol. The maximum atomic E-state index is 5.42. The second kappa shape index (κ2) is 5.47. The van der Waals surface area contributed by atoms with Gasteiger partial charge < -0.3 is 9.64 Å². The van der Waals surface area contributed by atoms with Gasteiger partial charge in [0.1, 0.15) is 0 Å². The molecule has 1 unspecified atom stereocenters. The molecule has 3 heteroatoms. The van der Waals surface area contributed by atoms with E-state index in [1.165, 1.54) is 19.4 Å². The molecule has 0 N–H and O–H groups in total. The van der Waals surface area contributed by atoms with Gasteiger partial charge in [-0.25, -0.2) is 0 Å². The van der Waals surface area contributed by atoms with E-state index in [-0.39, 0.29) is 0 Å². The lowest BCUT2D eigenvalue weighted by Crippen LogP contribution is -2.44. The number of likely N-dealkylation sites (tertiary alicyclic amines) is 1. The fourth-order valence-corrected chi connectivity index (χ4v) is 2.17. The van der Waals surface area contributed by atoms with Crippen LogP contribution in [0, 0.1) is 5.41 Å².